The number of nitrogens with one attached hydrogen (secondary N) is 2. The molecule has 0 unspecified atom stereocenters. The monoisotopic (exact) mass is 358 g/mol. The second-order valence-electron chi connectivity index (χ2n) is 4.78. The van der Waals surface area contributed by atoms with Crippen molar-refractivity contribution >= 4 is 39.2 Å². The number of aromatic nitrogens is 2. The van der Waals surface area contributed by atoms with Gasteiger partial charge in [0, 0.05) is 10.2 Å². The summed E-state index contributed by atoms with van der Waals surface area (Å²) < 4.78 is 6.30. The van der Waals surface area contributed by atoms with E-state index < -0.39 is 0 Å². The summed E-state index contributed by atoms with van der Waals surface area (Å²) in [6.07, 6.45) is 0. The van der Waals surface area contributed by atoms with Gasteiger partial charge in [0.25, 0.3) is 0 Å². The molecule has 5 nitrogen and oxygen atoms in total. The van der Waals surface area contributed by atoms with Crippen LogP contribution in [0.3, 0.4) is 0 Å². The lowest BCUT2D eigenvalue weighted by Gasteiger charge is -2.04. The van der Waals surface area contributed by atoms with Crippen molar-refractivity contribution in [3.63, 3.8) is 0 Å². The van der Waals surface area contributed by atoms with E-state index in [-0.39, 0.29) is 0 Å². The molecule has 0 aliphatic heterocycles. The van der Waals surface area contributed by atoms with Gasteiger partial charge in [0.15, 0.2) is 0 Å². The number of rotatable bonds is 6. The third kappa shape index (κ3) is 4.47. The maximum atomic E-state index is 5.94. The Kier molecular flexibility index (Phi) is 5.39. The molecule has 0 saturated heterocycles. The Morgan fingerprint density at radius 2 is 2.15 bits per heavy atom. The van der Waals surface area contributed by atoms with E-state index in [4.69, 9.17) is 16.0 Å². The highest BCUT2D eigenvalue weighted by Crippen LogP contribution is 2.27. The maximum absolute atomic E-state index is 5.94. The molecule has 0 atom stereocenters. The summed E-state index contributed by atoms with van der Waals surface area (Å²) in [5.41, 5.74) is 0.826. The number of halogens is 2. The molecule has 0 aliphatic rings. The van der Waals surface area contributed by atoms with Crippen molar-refractivity contribution in [3.8, 4) is 0 Å². The van der Waals surface area contributed by atoms with E-state index in [0.717, 1.165) is 16.7 Å². The largest absolute Gasteiger partial charge is 0.406 e. The van der Waals surface area contributed by atoms with Gasteiger partial charge in [-0.2, -0.15) is 0 Å². The van der Waals surface area contributed by atoms with Crippen LogP contribution in [-0.4, -0.2) is 16.7 Å². The molecule has 0 spiro atoms. The van der Waals surface area contributed by atoms with E-state index in [1.165, 1.54) is 0 Å². The van der Waals surface area contributed by atoms with Crippen molar-refractivity contribution in [1.82, 2.24) is 15.5 Å². The van der Waals surface area contributed by atoms with Crippen molar-refractivity contribution < 1.29 is 4.42 Å². The summed E-state index contributed by atoms with van der Waals surface area (Å²) >= 11 is 9.30. The van der Waals surface area contributed by atoms with Crippen LogP contribution in [0, 0.1) is 5.92 Å². The maximum Gasteiger partial charge on any atom is 0.320 e. The van der Waals surface area contributed by atoms with Gasteiger partial charge < -0.3 is 15.1 Å². The molecule has 2 rings (SSSR count). The summed E-state index contributed by atoms with van der Waals surface area (Å²) in [7, 11) is 0. The highest BCUT2D eigenvalue weighted by Gasteiger charge is 2.07. The number of nitrogens with zero attached hydrogens (tertiary/aromatic N) is 2. The zero-order chi connectivity index (χ0) is 14.5. The molecule has 0 saturated carbocycles. The quantitative estimate of drug-likeness (QED) is 0.817. The molecule has 0 fully saturated rings. The molecule has 108 valence electrons. The SMILES string of the molecule is CC(C)CNCc1nnc(Nc2ccc(Cl)c(Br)c2)o1. The Bertz CT molecular complexity index is 573. The third-order valence-electron chi connectivity index (χ3n) is 2.47. The van der Waals surface area contributed by atoms with E-state index in [2.05, 4.69) is 50.6 Å². The highest BCUT2D eigenvalue weighted by atomic mass is 79.9. The van der Waals surface area contributed by atoms with Gasteiger partial charge in [0.05, 0.1) is 11.6 Å². The van der Waals surface area contributed by atoms with Crippen LogP contribution in [0.15, 0.2) is 27.1 Å². The topological polar surface area (TPSA) is 63.0 Å². The molecule has 0 radical (unpaired) electrons. The average Bonchev–Trinajstić information content (AvgIpc) is 2.81. The summed E-state index contributed by atoms with van der Waals surface area (Å²) in [5, 5.41) is 14.8. The minimum Gasteiger partial charge on any atom is -0.406 e. The predicted molar refractivity (Wildman–Crippen MR) is 83.3 cm³/mol. The molecule has 1 aromatic carbocycles. The number of benzene rings is 1. The van der Waals surface area contributed by atoms with E-state index in [1.54, 1.807) is 6.07 Å². The molecule has 1 aromatic heterocycles. The van der Waals surface area contributed by atoms with Crippen LogP contribution in [0.1, 0.15) is 19.7 Å². The second kappa shape index (κ2) is 7.06. The number of hydrogen-bond donors (Lipinski definition) is 2. The lowest BCUT2D eigenvalue weighted by atomic mass is 10.2. The second-order valence-corrected chi connectivity index (χ2v) is 6.04. The Morgan fingerprint density at radius 3 is 2.85 bits per heavy atom. The smallest absolute Gasteiger partial charge is 0.320 e. The molecule has 0 aliphatic carbocycles. The van der Waals surface area contributed by atoms with Gasteiger partial charge >= 0.3 is 6.01 Å². The Labute approximate surface area is 131 Å². The minimum absolute atomic E-state index is 0.362. The zero-order valence-corrected chi connectivity index (χ0v) is 13.6. The molecular formula is C13H16BrClN4O. The van der Waals surface area contributed by atoms with Crippen LogP contribution in [-0.2, 0) is 6.54 Å². The van der Waals surface area contributed by atoms with E-state index >= 15 is 0 Å². The zero-order valence-electron chi connectivity index (χ0n) is 11.3. The van der Waals surface area contributed by atoms with Gasteiger partial charge in [-0.15, -0.1) is 5.10 Å². The van der Waals surface area contributed by atoms with Gasteiger partial charge in [-0.1, -0.05) is 30.5 Å². The van der Waals surface area contributed by atoms with Gasteiger partial charge in [-0.3, -0.25) is 0 Å². The predicted octanol–water partition coefficient (Wildman–Crippen LogP) is 3.97. The lowest BCUT2D eigenvalue weighted by molar-refractivity contribution is 0.460. The minimum atomic E-state index is 0.362. The van der Waals surface area contributed by atoms with Crippen LogP contribution >= 0.6 is 27.5 Å². The normalized spacial score (nSPS) is 11.1. The van der Waals surface area contributed by atoms with Crippen molar-refractivity contribution in [2.24, 2.45) is 5.92 Å². The summed E-state index contributed by atoms with van der Waals surface area (Å²) in [6.45, 7) is 5.77. The Balaban J connectivity index is 1.93. The first-order chi connectivity index (χ1) is 9.54. The molecular weight excluding hydrogens is 344 g/mol. The van der Waals surface area contributed by atoms with Gasteiger partial charge in [-0.25, -0.2) is 0 Å². The Hall–Kier alpha value is -1.11. The lowest BCUT2D eigenvalue weighted by Crippen LogP contribution is -2.19. The fourth-order valence-electron chi connectivity index (χ4n) is 1.54. The fourth-order valence-corrected chi connectivity index (χ4v) is 2.04. The molecule has 7 heteroatoms. The van der Waals surface area contributed by atoms with Crippen LogP contribution in [0.5, 0.6) is 0 Å². The summed E-state index contributed by atoms with van der Waals surface area (Å²) in [6, 6.07) is 5.84. The van der Waals surface area contributed by atoms with E-state index in [9.17, 15) is 0 Å². The molecule has 2 aromatic rings. The molecule has 0 bridgehead atoms. The van der Waals surface area contributed by atoms with E-state index in [1.807, 2.05) is 12.1 Å². The Morgan fingerprint density at radius 1 is 1.35 bits per heavy atom. The number of hydrogen-bond acceptors (Lipinski definition) is 5. The molecule has 0 amide bonds. The van der Waals surface area contributed by atoms with Crippen LogP contribution in [0.4, 0.5) is 11.7 Å². The van der Waals surface area contributed by atoms with Crippen molar-refractivity contribution in [2.75, 3.05) is 11.9 Å². The van der Waals surface area contributed by atoms with Crippen LogP contribution in [0.2, 0.25) is 5.02 Å². The van der Waals surface area contributed by atoms with E-state index in [0.29, 0.717) is 29.4 Å². The van der Waals surface area contributed by atoms with Crippen LogP contribution in [0.25, 0.3) is 0 Å². The average molecular weight is 360 g/mol. The third-order valence-corrected chi connectivity index (χ3v) is 3.68. The van der Waals surface area contributed by atoms with Crippen molar-refractivity contribution in [3.05, 3.63) is 33.6 Å². The number of anilines is 2. The summed E-state index contributed by atoms with van der Waals surface area (Å²) in [4.78, 5) is 0. The molecule has 20 heavy (non-hydrogen) atoms. The highest BCUT2D eigenvalue weighted by molar-refractivity contribution is 9.10. The molecule has 1 heterocycles. The fraction of sp³-hybridized carbons (Fsp3) is 0.385. The first kappa shape index (κ1) is 15.3. The first-order valence-electron chi connectivity index (χ1n) is 6.30. The van der Waals surface area contributed by atoms with Crippen molar-refractivity contribution in [2.45, 2.75) is 20.4 Å². The van der Waals surface area contributed by atoms with Crippen LogP contribution < -0.4 is 10.6 Å². The van der Waals surface area contributed by atoms with Gasteiger partial charge in [0.2, 0.25) is 5.89 Å². The standard InChI is InChI=1S/C13H16BrClN4O/c1-8(2)6-16-7-12-18-19-13(20-12)17-9-3-4-11(15)10(14)5-9/h3-5,8,16H,6-7H2,1-2H3,(H,17,19). The van der Waals surface area contributed by atoms with Crippen molar-refractivity contribution in [1.29, 1.82) is 0 Å². The summed E-state index contributed by atoms with van der Waals surface area (Å²) in [5.74, 6) is 1.14. The van der Waals surface area contributed by atoms with Gasteiger partial charge in [-0.05, 0) is 46.6 Å². The van der Waals surface area contributed by atoms with Gasteiger partial charge in [0.1, 0.15) is 0 Å². The molecule has 2 N–H and O–H groups in total. The first-order valence-corrected chi connectivity index (χ1v) is 7.47.